The van der Waals surface area contributed by atoms with Crippen LogP contribution in [0.15, 0.2) is 35.3 Å². The molecule has 0 spiro atoms. The van der Waals surface area contributed by atoms with Gasteiger partial charge in [-0.25, -0.2) is 9.37 Å². The van der Waals surface area contributed by atoms with Crippen molar-refractivity contribution in [2.75, 3.05) is 31.1 Å². The fourth-order valence-electron chi connectivity index (χ4n) is 4.40. The van der Waals surface area contributed by atoms with Crippen LogP contribution in [0.4, 0.5) is 10.1 Å². The van der Waals surface area contributed by atoms with Crippen molar-refractivity contribution in [3.05, 3.63) is 69.0 Å². The lowest BCUT2D eigenvalue weighted by atomic mass is 10.0. The van der Waals surface area contributed by atoms with Crippen molar-refractivity contribution in [2.45, 2.75) is 39.3 Å². The summed E-state index contributed by atoms with van der Waals surface area (Å²) >= 11 is 0. The lowest BCUT2D eigenvalue weighted by Gasteiger charge is -2.36. The fourth-order valence-corrected chi connectivity index (χ4v) is 4.40. The van der Waals surface area contributed by atoms with Crippen LogP contribution in [-0.2, 0) is 6.54 Å². The average Bonchev–Trinajstić information content (AvgIpc) is 3.63. The van der Waals surface area contributed by atoms with E-state index < -0.39 is 0 Å². The molecule has 3 heterocycles. The molecule has 1 saturated carbocycles. The number of aromatic nitrogens is 2. The number of hydrogen-bond donors (Lipinski definition) is 2. The summed E-state index contributed by atoms with van der Waals surface area (Å²) in [5.41, 5.74) is 3.60. The lowest BCUT2D eigenvalue weighted by molar-refractivity contribution is 0.0946. The standard InChI is InChI=1S/C25H28FN5O2/c1-15-11-17(22(26)23-20(15)12-16(2)24(32)29-23)14-30-7-9-31(10-8-30)19-5-6-21(27-13-19)25(33)28-18-3-4-18/h5-6,11-13,18H,3-4,7-10,14H2,1-2H3,(H,28,33)(H,29,32). The van der Waals surface area contributed by atoms with Gasteiger partial charge in [0.25, 0.3) is 11.5 Å². The SMILES string of the molecule is Cc1cc2c(C)cc(CN3CCN(c4ccc(C(=O)NC5CC5)nc4)CC3)c(F)c2[nH]c1=O. The van der Waals surface area contributed by atoms with Crippen molar-refractivity contribution >= 4 is 22.5 Å². The highest BCUT2D eigenvalue weighted by atomic mass is 19.1. The van der Waals surface area contributed by atoms with Gasteiger partial charge in [0.2, 0.25) is 0 Å². The maximum absolute atomic E-state index is 15.2. The van der Waals surface area contributed by atoms with E-state index in [1.807, 2.05) is 19.1 Å². The third kappa shape index (κ3) is 4.48. The Hall–Kier alpha value is -3.26. The normalized spacial score (nSPS) is 16.9. The van der Waals surface area contributed by atoms with Crippen LogP contribution in [0.5, 0.6) is 0 Å². The maximum Gasteiger partial charge on any atom is 0.270 e. The molecule has 1 aliphatic carbocycles. The molecule has 172 valence electrons. The van der Waals surface area contributed by atoms with E-state index in [1.54, 1.807) is 25.3 Å². The average molecular weight is 450 g/mol. The van der Waals surface area contributed by atoms with E-state index in [2.05, 4.69) is 25.1 Å². The molecule has 2 N–H and O–H groups in total. The Morgan fingerprint density at radius 2 is 1.91 bits per heavy atom. The summed E-state index contributed by atoms with van der Waals surface area (Å²) in [5.74, 6) is -0.461. The van der Waals surface area contributed by atoms with Crippen molar-refractivity contribution in [1.29, 1.82) is 0 Å². The van der Waals surface area contributed by atoms with Gasteiger partial charge in [-0.3, -0.25) is 14.5 Å². The molecule has 7 nitrogen and oxygen atoms in total. The molecule has 33 heavy (non-hydrogen) atoms. The first kappa shape index (κ1) is 21.6. The van der Waals surface area contributed by atoms with Gasteiger partial charge in [0, 0.05) is 55.3 Å². The third-order valence-corrected chi connectivity index (χ3v) is 6.57. The van der Waals surface area contributed by atoms with Gasteiger partial charge in [-0.15, -0.1) is 0 Å². The second-order valence-corrected chi connectivity index (χ2v) is 9.15. The number of carbonyl (C=O) groups excluding carboxylic acids is 1. The molecule has 1 aromatic carbocycles. The molecule has 0 bridgehead atoms. The molecule has 2 aromatic heterocycles. The molecular formula is C25H28FN5O2. The molecule has 1 amide bonds. The molecular weight excluding hydrogens is 421 g/mol. The van der Waals surface area contributed by atoms with E-state index in [1.165, 1.54) is 0 Å². The lowest BCUT2D eigenvalue weighted by Crippen LogP contribution is -2.46. The van der Waals surface area contributed by atoms with Gasteiger partial charge in [-0.05, 0) is 50.5 Å². The number of hydrogen-bond acceptors (Lipinski definition) is 5. The van der Waals surface area contributed by atoms with E-state index in [4.69, 9.17) is 0 Å². The molecule has 0 radical (unpaired) electrons. The molecule has 5 rings (SSSR count). The van der Waals surface area contributed by atoms with Crippen LogP contribution in [-0.4, -0.2) is 53.0 Å². The third-order valence-electron chi connectivity index (χ3n) is 6.57. The molecule has 1 aliphatic heterocycles. The number of amides is 1. The smallest absolute Gasteiger partial charge is 0.270 e. The van der Waals surface area contributed by atoms with E-state index in [-0.39, 0.29) is 22.8 Å². The van der Waals surface area contributed by atoms with Gasteiger partial charge in [0.15, 0.2) is 5.82 Å². The van der Waals surface area contributed by atoms with Crippen molar-refractivity contribution in [2.24, 2.45) is 0 Å². The zero-order chi connectivity index (χ0) is 23.1. The monoisotopic (exact) mass is 449 g/mol. The van der Waals surface area contributed by atoms with Gasteiger partial charge in [0.1, 0.15) is 5.69 Å². The summed E-state index contributed by atoms with van der Waals surface area (Å²) in [6.07, 6.45) is 3.85. The Labute approximate surface area is 191 Å². The first-order valence-corrected chi connectivity index (χ1v) is 11.4. The molecule has 0 unspecified atom stereocenters. The van der Waals surface area contributed by atoms with Crippen LogP contribution < -0.4 is 15.8 Å². The first-order chi connectivity index (χ1) is 15.9. The van der Waals surface area contributed by atoms with E-state index in [0.717, 1.165) is 55.7 Å². The number of nitrogens with zero attached hydrogens (tertiary/aromatic N) is 3. The molecule has 2 aliphatic rings. The number of halogens is 1. The van der Waals surface area contributed by atoms with Gasteiger partial charge in [0.05, 0.1) is 17.4 Å². The summed E-state index contributed by atoms with van der Waals surface area (Å²) < 4.78 is 15.2. The number of H-pyrrole nitrogens is 1. The van der Waals surface area contributed by atoms with E-state index >= 15 is 4.39 Å². The Balaban J connectivity index is 1.24. The highest BCUT2D eigenvalue weighted by Gasteiger charge is 2.25. The summed E-state index contributed by atoms with van der Waals surface area (Å²) in [7, 11) is 0. The first-order valence-electron chi connectivity index (χ1n) is 11.4. The predicted molar refractivity (Wildman–Crippen MR) is 126 cm³/mol. The maximum atomic E-state index is 15.2. The Kier molecular flexibility index (Phi) is 5.62. The highest BCUT2D eigenvalue weighted by Crippen LogP contribution is 2.25. The predicted octanol–water partition coefficient (Wildman–Crippen LogP) is 2.89. The van der Waals surface area contributed by atoms with Crippen LogP contribution in [0.2, 0.25) is 0 Å². The highest BCUT2D eigenvalue weighted by molar-refractivity contribution is 5.92. The van der Waals surface area contributed by atoms with Crippen LogP contribution >= 0.6 is 0 Å². The number of fused-ring (bicyclic) bond motifs is 1. The van der Waals surface area contributed by atoms with Crippen molar-refractivity contribution in [1.82, 2.24) is 20.2 Å². The van der Waals surface area contributed by atoms with Crippen LogP contribution in [0, 0.1) is 19.7 Å². The number of pyridine rings is 2. The summed E-state index contributed by atoms with van der Waals surface area (Å²) in [6, 6.07) is 7.67. The second-order valence-electron chi connectivity index (χ2n) is 9.15. The van der Waals surface area contributed by atoms with Gasteiger partial charge in [-0.1, -0.05) is 6.07 Å². The number of benzene rings is 1. The summed E-state index contributed by atoms with van der Waals surface area (Å²) in [4.78, 5) is 35.6. The fraction of sp³-hybridized carbons (Fsp3) is 0.400. The van der Waals surface area contributed by atoms with Crippen LogP contribution in [0.3, 0.4) is 0 Å². The topological polar surface area (TPSA) is 81.3 Å². The van der Waals surface area contributed by atoms with Gasteiger partial charge in [-0.2, -0.15) is 0 Å². The number of aryl methyl sites for hydroxylation is 2. The Morgan fingerprint density at radius 1 is 1.15 bits per heavy atom. The molecule has 1 saturated heterocycles. The minimum Gasteiger partial charge on any atom is -0.368 e. The number of piperazine rings is 1. The van der Waals surface area contributed by atoms with Gasteiger partial charge < -0.3 is 15.2 Å². The number of rotatable bonds is 5. The molecule has 8 heteroatoms. The Morgan fingerprint density at radius 3 is 2.58 bits per heavy atom. The minimum atomic E-state index is -0.348. The molecule has 3 aromatic rings. The quantitative estimate of drug-likeness (QED) is 0.626. The van der Waals surface area contributed by atoms with Crippen LogP contribution in [0.1, 0.15) is 40.0 Å². The van der Waals surface area contributed by atoms with Crippen molar-refractivity contribution in [3.63, 3.8) is 0 Å². The number of anilines is 1. The zero-order valence-corrected chi connectivity index (χ0v) is 18.9. The summed E-state index contributed by atoms with van der Waals surface area (Å²) in [5, 5.41) is 3.70. The van der Waals surface area contributed by atoms with Crippen molar-refractivity contribution < 1.29 is 9.18 Å². The summed E-state index contributed by atoms with van der Waals surface area (Å²) in [6.45, 7) is 7.32. The zero-order valence-electron chi connectivity index (χ0n) is 18.9. The molecule has 2 fully saturated rings. The van der Waals surface area contributed by atoms with E-state index in [9.17, 15) is 9.59 Å². The van der Waals surface area contributed by atoms with Crippen LogP contribution in [0.25, 0.3) is 10.9 Å². The van der Waals surface area contributed by atoms with Crippen molar-refractivity contribution in [3.8, 4) is 0 Å². The number of carbonyl (C=O) groups is 1. The molecule has 0 atom stereocenters. The number of nitrogens with one attached hydrogen (secondary N) is 2. The Bertz CT molecular complexity index is 1260. The van der Waals surface area contributed by atoms with E-state index in [0.29, 0.717) is 29.4 Å². The second kappa shape index (κ2) is 8.59. The van der Waals surface area contributed by atoms with Gasteiger partial charge >= 0.3 is 0 Å². The number of aromatic amines is 1. The minimum absolute atomic E-state index is 0.113. The largest absolute Gasteiger partial charge is 0.368 e.